The van der Waals surface area contributed by atoms with Gasteiger partial charge in [-0.05, 0) is 75.4 Å². The molecule has 0 saturated heterocycles. The van der Waals surface area contributed by atoms with Gasteiger partial charge in [-0.3, -0.25) is 4.57 Å². The number of halogens is 5. The highest BCUT2D eigenvalue weighted by Gasteiger charge is 2.34. The highest BCUT2D eigenvalue weighted by Crippen LogP contribution is 2.33. The summed E-state index contributed by atoms with van der Waals surface area (Å²) in [6.45, 7) is 16.5. The minimum Gasteiger partial charge on any atom is -0.433 e. The molecule has 1 unspecified atom stereocenters. The van der Waals surface area contributed by atoms with Crippen molar-refractivity contribution in [2.45, 2.75) is 91.6 Å². The molecule has 0 N–H and O–H groups in total. The Kier molecular flexibility index (Phi) is 11.1. The topological polar surface area (TPSA) is 65.8 Å². The van der Waals surface area contributed by atoms with Crippen LogP contribution in [0.3, 0.4) is 0 Å². The van der Waals surface area contributed by atoms with Crippen LogP contribution in [0.15, 0.2) is 18.2 Å². The zero-order valence-corrected chi connectivity index (χ0v) is 26.1. The second-order valence-electron chi connectivity index (χ2n) is 10.7. The van der Waals surface area contributed by atoms with Gasteiger partial charge in [0.05, 0.1) is 5.69 Å². The molecule has 0 radical (unpaired) electrons. The summed E-state index contributed by atoms with van der Waals surface area (Å²) in [5.74, 6) is -1.97. The van der Waals surface area contributed by atoms with Crippen LogP contribution in [0, 0.1) is 16.4 Å². The number of hydrogen-bond donors (Lipinski definition) is 0. The van der Waals surface area contributed by atoms with E-state index in [9.17, 15) is 22.4 Å². The Bertz CT molecular complexity index is 1100. The zero-order valence-electron chi connectivity index (χ0n) is 22.9. The Morgan fingerprint density at radius 2 is 1.76 bits per heavy atom. The van der Waals surface area contributed by atoms with Crippen molar-refractivity contribution >= 4 is 36.8 Å². The maximum absolute atomic E-state index is 14.7. The molecule has 0 fully saturated rings. The van der Waals surface area contributed by atoms with Gasteiger partial charge in [0.1, 0.15) is 10.4 Å². The quantitative estimate of drug-likeness (QED) is 0.107. The third kappa shape index (κ3) is 9.11. The van der Waals surface area contributed by atoms with Gasteiger partial charge in [0, 0.05) is 32.3 Å². The lowest BCUT2D eigenvalue weighted by molar-refractivity contribution is -0.275. The van der Waals surface area contributed by atoms with E-state index in [1.807, 2.05) is 27.7 Å². The number of ether oxygens (including phenoxy) is 3. The smallest absolute Gasteiger partial charge is 0.433 e. The molecule has 0 aliphatic carbocycles. The second-order valence-corrected chi connectivity index (χ2v) is 17.4. The fourth-order valence-electron chi connectivity index (χ4n) is 3.77. The van der Waals surface area contributed by atoms with Gasteiger partial charge in [-0.1, -0.05) is 25.7 Å². The molecule has 0 bridgehead atoms. The number of aryl methyl sites for hydroxylation is 1. The second kappa shape index (κ2) is 13.0. The SMILES string of the molecule is Cc1nc(C(OC(=O)N(C(C)C)C(C)C)c2ccc(OC(F)(F)F)c(F)c2)n(COCC[Si](C)(C)C)c1I. The van der Waals surface area contributed by atoms with Gasteiger partial charge in [0.15, 0.2) is 23.5 Å². The number of carbonyl (C=O) groups excluding carboxylic acids is 1. The van der Waals surface area contributed by atoms with E-state index in [-0.39, 0.29) is 30.2 Å². The first-order valence-corrected chi connectivity index (χ1v) is 17.0. The van der Waals surface area contributed by atoms with Crippen molar-refractivity contribution in [1.29, 1.82) is 0 Å². The predicted molar refractivity (Wildman–Crippen MR) is 147 cm³/mol. The number of imidazole rings is 1. The molecule has 1 aromatic carbocycles. The highest BCUT2D eigenvalue weighted by atomic mass is 127. The van der Waals surface area contributed by atoms with E-state index in [4.69, 9.17) is 9.47 Å². The summed E-state index contributed by atoms with van der Waals surface area (Å²) in [6.07, 6.45) is -6.95. The fraction of sp³-hybridized carbons (Fsp3) is 0.600. The Hall–Kier alpha value is -1.87. The summed E-state index contributed by atoms with van der Waals surface area (Å²) < 4.78 is 70.8. The lowest BCUT2D eigenvalue weighted by atomic mass is 10.1. The number of hydrogen-bond acceptors (Lipinski definition) is 5. The molecule has 2 rings (SSSR count). The average molecular weight is 674 g/mol. The maximum atomic E-state index is 14.7. The highest BCUT2D eigenvalue weighted by molar-refractivity contribution is 14.1. The third-order valence-electron chi connectivity index (χ3n) is 5.57. The molecule has 0 spiro atoms. The number of aromatic nitrogens is 2. The molecule has 7 nitrogen and oxygen atoms in total. The van der Waals surface area contributed by atoms with Crippen LogP contribution in [0.1, 0.15) is 50.9 Å². The molecular weight excluding hydrogens is 637 g/mol. The monoisotopic (exact) mass is 673 g/mol. The fourth-order valence-corrected chi connectivity index (χ4v) is 5.03. The Labute approximate surface area is 236 Å². The minimum absolute atomic E-state index is 0.0996. The molecular formula is C25H36F4IN3O4Si. The average Bonchev–Trinajstić information content (AvgIpc) is 3.02. The molecule has 13 heteroatoms. The van der Waals surface area contributed by atoms with Crippen LogP contribution in [0.5, 0.6) is 5.75 Å². The van der Waals surface area contributed by atoms with E-state index in [0.717, 1.165) is 21.9 Å². The summed E-state index contributed by atoms with van der Waals surface area (Å²) in [6, 6.07) is 3.49. The lowest BCUT2D eigenvalue weighted by Gasteiger charge is -2.31. The Morgan fingerprint density at radius 1 is 1.16 bits per heavy atom. The van der Waals surface area contributed by atoms with Gasteiger partial charge < -0.3 is 19.1 Å². The van der Waals surface area contributed by atoms with Crippen molar-refractivity contribution in [2.24, 2.45) is 0 Å². The van der Waals surface area contributed by atoms with Crippen molar-refractivity contribution in [2.75, 3.05) is 6.61 Å². The van der Waals surface area contributed by atoms with Crippen LogP contribution in [0.4, 0.5) is 22.4 Å². The van der Waals surface area contributed by atoms with E-state index >= 15 is 0 Å². The summed E-state index contributed by atoms with van der Waals surface area (Å²) >= 11 is 2.10. The first kappa shape index (κ1) is 32.3. The zero-order chi connectivity index (χ0) is 29.0. The molecule has 1 heterocycles. The van der Waals surface area contributed by atoms with Gasteiger partial charge >= 0.3 is 12.5 Å². The number of benzene rings is 1. The number of nitrogens with zero attached hydrogens (tertiary/aromatic N) is 3. The Morgan fingerprint density at radius 3 is 2.26 bits per heavy atom. The molecule has 1 amide bonds. The maximum Gasteiger partial charge on any atom is 0.573 e. The van der Waals surface area contributed by atoms with E-state index < -0.39 is 38.2 Å². The van der Waals surface area contributed by atoms with E-state index in [2.05, 4.69) is 52.0 Å². The van der Waals surface area contributed by atoms with Crippen molar-refractivity contribution in [3.63, 3.8) is 0 Å². The normalized spacial score (nSPS) is 13.2. The molecule has 0 aliphatic rings. The number of alkyl halides is 3. The van der Waals surface area contributed by atoms with Crippen LogP contribution in [0.2, 0.25) is 25.7 Å². The van der Waals surface area contributed by atoms with Crippen molar-refractivity contribution < 1.29 is 36.6 Å². The van der Waals surface area contributed by atoms with Crippen LogP contribution in [0.25, 0.3) is 0 Å². The predicted octanol–water partition coefficient (Wildman–Crippen LogP) is 7.49. The first-order valence-electron chi connectivity index (χ1n) is 12.3. The summed E-state index contributed by atoms with van der Waals surface area (Å²) in [4.78, 5) is 19.4. The molecule has 214 valence electrons. The van der Waals surface area contributed by atoms with Crippen LogP contribution < -0.4 is 4.74 Å². The molecule has 1 aromatic heterocycles. The van der Waals surface area contributed by atoms with Crippen LogP contribution in [-0.4, -0.2) is 53.7 Å². The van der Waals surface area contributed by atoms with Crippen LogP contribution in [-0.2, 0) is 16.2 Å². The van der Waals surface area contributed by atoms with Crippen LogP contribution >= 0.6 is 22.6 Å². The molecule has 0 aliphatic heterocycles. The van der Waals surface area contributed by atoms with Crippen molar-refractivity contribution in [1.82, 2.24) is 14.5 Å². The van der Waals surface area contributed by atoms with E-state index in [1.165, 1.54) is 11.0 Å². The minimum atomic E-state index is -5.06. The van der Waals surface area contributed by atoms with E-state index in [0.29, 0.717) is 12.3 Å². The lowest BCUT2D eigenvalue weighted by Crippen LogP contribution is -2.43. The Balaban J connectivity index is 2.53. The van der Waals surface area contributed by atoms with E-state index in [1.54, 1.807) is 11.5 Å². The van der Waals surface area contributed by atoms with Gasteiger partial charge in [-0.15, -0.1) is 13.2 Å². The molecule has 2 aromatic rings. The standard InChI is InChI=1S/C25H36F4IN3O4Si/c1-15(2)33(16(3)4)24(34)36-21(18-9-10-20(19(26)13-18)37-25(27,28)29)23-31-17(5)22(30)32(23)14-35-11-12-38(6,7)8/h9-10,13,15-16,21H,11-12,14H2,1-8H3. The van der Waals surface area contributed by atoms with Crippen molar-refractivity contribution in [3.8, 4) is 5.75 Å². The van der Waals surface area contributed by atoms with Crippen molar-refractivity contribution in [3.05, 3.63) is 44.8 Å². The number of carbonyl (C=O) groups is 1. The number of rotatable bonds is 11. The summed E-state index contributed by atoms with van der Waals surface area (Å²) in [5, 5.41) is 0. The van der Waals surface area contributed by atoms with Gasteiger partial charge in [0.25, 0.3) is 0 Å². The number of amides is 1. The largest absolute Gasteiger partial charge is 0.573 e. The molecule has 1 atom stereocenters. The first-order chi connectivity index (χ1) is 17.4. The van der Waals surface area contributed by atoms with Gasteiger partial charge in [-0.25, -0.2) is 14.2 Å². The third-order valence-corrected chi connectivity index (χ3v) is 8.64. The molecule has 38 heavy (non-hydrogen) atoms. The summed E-state index contributed by atoms with van der Waals surface area (Å²) in [7, 11) is -1.34. The van der Waals surface area contributed by atoms with Gasteiger partial charge in [0.2, 0.25) is 0 Å². The summed E-state index contributed by atoms with van der Waals surface area (Å²) in [5.41, 5.74) is 0.736. The van der Waals surface area contributed by atoms with Gasteiger partial charge in [-0.2, -0.15) is 0 Å². The molecule has 0 saturated carbocycles.